The van der Waals surface area contributed by atoms with Crippen molar-refractivity contribution in [1.29, 1.82) is 5.26 Å². The number of hydrogen-bond donors (Lipinski definition) is 2. The van der Waals surface area contributed by atoms with Gasteiger partial charge in [0.25, 0.3) is 5.91 Å². The molecule has 0 bridgehead atoms. The van der Waals surface area contributed by atoms with Crippen molar-refractivity contribution < 1.29 is 4.79 Å². The Labute approximate surface area is 183 Å². The van der Waals surface area contributed by atoms with Gasteiger partial charge in [0.2, 0.25) is 0 Å². The maximum absolute atomic E-state index is 13.0. The van der Waals surface area contributed by atoms with Gasteiger partial charge in [-0.2, -0.15) is 10.4 Å². The lowest BCUT2D eigenvalue weighted by Crippen LogP contribution is -2.29. The minimum Gasteiger partial charge on any atom is -0.367 e. The van der Waals surface area contributed by atoms with Crippen LogP contribution < -0.4 is 10.6 Å². The summed E-state index contributed by atoms with van der Waals surface area (Å²) in [6.07, 6.45) is 3.31. The summed E-state index contributed by atoms with van der Waals surface area (Å²) >= 11 is 1.58. The summed E-state index contributed by atoms with van der Waals surface area (Å²) < 4.78 is 1.83. The molecule has 0 radical (unpaired) electrons. The highest BCUT2D eigenvalue weighted by Crippen LogP contribution is 2.28. The van der Waals surface area contributed by atoms with E-state index in [1.54, 1.807) is 35.9 Å². The van der Waals surface area contributed by atoms with Crippen LogP contribution in [0.4, 0.5) is 5.82 Å². The van der Waals surface area contributed by atoms with Crippen molar-refractivity contribution in [3.05, 3.63) is 59.2 Å². The van der Waals surface area contributed by atoms with Crippen LogP contribution in [0.25, 0.3) is 21.6 Å². The number of nitrogens with zero attached hydrogens (tertiary/aromatic N) is 5. The van der Waals surface area contributed by atoms with E-state index in [0.717, 1.165) is 16.0 Å². The van der Waals surface area contributed by atoms with Gasteiger partial charge in [-0.1, -0.05) is 6.07 Å². The average molecular weight is 432 g/mol. The minimum atomic E-state index is -0.197. The van der Waals surface area contributed by atoms with Crippen LogP contribution in [0.3, 0.4) is 0 Å². The topological polar surface area (TPSA) is 109 Å². The van der Waals surface area contributed by atoms with Gasteiger partial charge in [-0.05, 0) is 43.5 Å². The molecule has 4 heterocycles. The molecule has 4 aromatic rings. The number of carbonyl (C=O) groups is 1. The van der Waals surface area contributed by atoms with Crippen molar-refractivity contribution in [1.82, 2.24) is 25.1 Å². The molecule has 156 valence electrons. The zero-order valence-electron chi connectivity index (χ0n) is 17.2. The van der Waals surface area contributed by atoms with Crippen molar-refractivity contribution in [2.45, 2.75) is 19.9 Å². The Bertz CT molecular complexity index is 1250. The first-order valence-corrected chi connectivity index (χ1v) is 10.8. The number of pyridine rings is 2. The van der Waals surface area contributed by atoms with Gasteiger partial charge in [-0.25, -0.2) is 14.6 Å². The highest BCUT2D eigenvalue weighted by molar-refractivity contribution is 7.13. The van der Waals surface area contributed by atoms with Crippen LogP contribution in [0.15, 0.2) is 48.1 Å². The van der Waals surface area contributed by atoms with E-state index < -0.39 is 0 Å². The van der Waals surface area contributed by atoms with E-state index in [9.17, 15) is 4.79 Å². The van der Waals surface area contributed by atoms with Crippen LogP contribution in [0, 0.1) is 11.3 Å². The predicted octanol–water partition coefficient (Wildman–Crippen LogP) is 3.85. The molecular weight excluding hydrogens is 410 g/mol. The molecule has 0 spiro atoms. The number of fused-ring (bicyclic) bond motifs is 1. The molecule has 8 nitrogen and oxygen atoms in total. The van der Waals surface area contributed by atoms with Crippen molar-refractivity contribution >= 4 is 34.1 Å². The first kappa shape index (κ1) is 20.5. The normalized spacial score (nSPS) is 10.9. The second-order valence-electron chi connectivity index (χ2n) is 7.15. The Hall–Kier alpha value is -3.77. The summed E-state index contributed by atoms with van der Waals surface area (Å²) in [6.45, 7) is 4.88. The van der Waals surface area contributed by atoms with E-state index in [2.05, 4.69) is 26.8 Å². The third-order valence-corrected chi connectivity index (χ3v) is 5.60. The lowest BCUT2D eigenvalue weighted by atomic mass is 10.1. The summed E-state index contributed by atoms with van der Waals surface area (Å²) in [7, 11) is 0. The van der Waals surface area contributed by atoms with Gasteiger partial charge in [0.05, 0.1) is 33.3 Å². The molecule has 0 saturated heterocycles. The second-order valence-corrected chi connectivity index (χ2v) is 8.09. The molecule has 0 atom stereocenters. The summed E-state index contributed by atoms with van der Waals surface area (Å²) in [6, 6.07) is 11.4. The molecule has 0 aliphatic rings. The third kappa shape index (κ3) is 4.25. The molecule has 4 aromatic heterocycles. The first-order chi connectivity index (χ1) is 15.1. The standard InChI is InChI=1S/C22H21N7OS/c1-14(2)29-21-17(13-27-29)16(11-18(28-21)19-6-4-10-31-19)22(30)26-9-8-25-20-15(12-23)5-3-7-24-20/h3-7,10-11,13-14H,8-9H2,1-2H3,(H,24,25)(H,26,30). The lowest BCUT2D eigenvalue weighted by Gasteiger charge is -2.11. The maximum atomic E-state index is 13.0. The second kappa shape index (κ2) is 8.93. The molecule has 1 amide bonds. The van der Waals surface area contributed by atoms with Gasteiger partial charge in [-0.3, -0.25) is 4.79 Å². The fourth-order valence-corrected chi connectivity index (χ4v) is 3.91. The number of amides is 1. The summed E-state index contributed by atoms with van der Waals surface area (Å²) in [4.78, 5) is 23.0. The van der Waals surface area contributed by atoms with Gasteiger partial charge in [0.1, 0.15) is 11.9 Å². The van der Waals surface area contributed by atoms with Crippen LogP contribution >= 0.6 is 11.3 Å². The van der Waals surface area contributed by atoms with Crippen LogP contribution in [-0.4, -0.2) is 38.7 Å². The van der Waals surface area contributed by atoms with Gasteiger partial charge in [-0.15, -0.1) is 11.3 Å². The van der Waals surface area contributed by atoms with Crippen molar-refractivity contribution in [3.8, 4) is 16.6 Å². The van der Waals surface area contributed by atoms with E-state index in [-0.39, 0.29) is 11.9 Å². The number of thiophene rings is 1. The van der Waals surface area contributed by atoms with Gasteiger partial charge in [0.15, 0.2) is 5.65 Å². The predicted molar refractivity (Wildman–Crippen MR) is 121 cm³/mol. The number of nitriles is 1. The Morgan fingerprint density at radius 1 is 1.29 bits per heavy atom. The monoisotopic (exact) mass is 431 g/mol. The molecule has 0 unspecified atom stereocenters. The van der Waals surface area contributed by atoms with Crippen LogP contribution in [0.5, 0.6) is 0 Å². The Balaban J connectivity index is 1.55. The number of rotatable bonds is 7. The number of nitrogens with one attached hydrogen (secondary N) is 2. The van der Waals surface area contributed by atoms with E-state index in [0.29, 0.717) is 35.7 Å². The van der Waals surface area contributed by atoms with E-state index in [1.807, 2.05) is 42.1 Å². The van der Waals surface area contributed by atoms with Crippen LogP contribution in [-0.2, 0) is 0 Å². The summed E-state index contributed by atoms with van der Waals surface area (Å²) in [5.74, 6) is 0.306. The Morgan fingerprint density at radius 3 is 2.90 bits per heavy atom. The highest BCUT2D eigenvalue weighted by Gasteiger charge is 2.18. The fourth-order valence-electron chi connectivity index (χ4n) is 3.22. The Kier molecular flexibility index (Phi) is 5.91. The molecule has 2 N–H and O–H groups in total. The molecule has 0 aromatic carbocycles. The van der Waals surface area contributed by atoms with Crippen molar-refractivity contribution in [2.24, 2.45) is 0 Å². The quantitative estimate of drug-likeness (QED) is 0.430. The SMILES string of the molecule is CC(C)n1ncc2c(C(=O)NCCNc3ncccc3C#N)cc(-c3cccs3)nc21. The smallest absolute Gasteiger partial charge is 0.252 e. The van der Waals surface area contributed by atoms with Crippen molar-refractivity contribution in [2.75, 3.05) is 18.4 Å². The number of aromatic nitrogens is 4. The third-order valence-electron chi connectivity index (χ3n) is 4.71. The summed E-state index contributed by atoms with van der Waals surface area (Å²) in [5, 5.41) is 22.3. The number of anilines is 1. The van der Waals surface area contributed by atoms with E-state index in [1.165, 1.54) is 0 Å². The highest BCUT2D eigenvalue weighted by atomic mass is 32.1. The van der Waals surface area contributed by atoms with E-state index in [4.69, 9.17) is 10.2 Å². The molecule has 0 aliphatic carbocycles. The van der Waals surface area contributed by atoms with Crippen molar-refractivity contribution in [3.63, 3.8) is 0 Å². The molecule has 31 heavy (non-hydrogen) atoms. The average Bonchev–Trinajstić information content (AvgIpc) is 3.46. The van der Waals surface area contributed by atoms with Crippen LogP contribution in [0.2, 0.25) is 0 Å². The maximum Gasteiger partial charge on any atom is 0.252 e. The summed E-state index contributed by atoms with van der Waals surface area (Å²) in [5.41, 5.74) is 2.44. The zero-order valence-corrected chi connectivity index (χ0v) is 18.0. The Morgan fingerprint density at radius 2 is 2.16 bits per heavy atom. The van der Waals surface area contributed by atoms with E-state index >= 15 is 0 Å². The molecule has 0 saturated carbocycles. The van der Waals surface area contributed by atoms with Crippen LogP contribution in [0.1, 0.15) is 35.8 Å². The zero-order chi connectivity index (χ0) is 21.8. The largest absolute Gasteiger partial charge is 0.367 e. The van der Waals surface area contributed by atoms with Gasteiger partial charge < -0.3 is 10.6 Å². The first-order valence-electron chi connectivity index (χ1n) is 9.88. The molecular formula is C22H21N7OS. The molecule has 9 heteroatoms. The number of hydrogen-bond acceptors (Lipinski definition) is 7. The minimum absolute atomic E-state index is 0.122. The van der Waals surface area contributed by atoms with Gasteiger partial charge >= 0.3 is 0 Å². The fraction of sp³-hybridized carbons (Fsp3) is 0.227. The molecule has 0 fully saturated rings. The number of carbonyl (C=O) groups excluding carboxylic acids is 1. The lowest BCUT2D eigenvalue weighted by molar-refractivity contribution is 0.0957. The van der Waals surface area contributed by atoms with Gasteiger partial charge in [0, 0.05) is 25.3 Å². The molecule has 4 rings (SSSR count). The molecule has 0 aliphatic heterocycles.